The molecule has 0 bridgehead atoms. The molecule has 5 heteroatoms. The molecule has 1 rings (SSSR count). The van der Waals surface area contributed by atoms with Gasteiger partial charge in [-0.2, -0.15) is 0 Å². The zero-order valence-electron chi connectivity index (χ0n) is 12.1. The Morgan fingerprint density at radius 1 is 1.30 bits per heavy atom. The quantitative estimate of drug-likeness (QED) is 0.558. The highest BCUT2D eigenvalue weighted by atomic mass is 16.5. The lowest BCUT2D eigenvalue weighted by Gasteiger charge is -2.16. The molecule has 0 heterocycles. The van der Waals surface area contributed by atoms with Crippen LogP contribution < -0.4 is 5.32 Å². The highest BCUT2D eigenvalue weighted by Gasteiger charge is 2.22. The third kappa shape index (κ3) is 4.75. The summed E-state index contributed by atoms with van der Waals surface area (Å²) in [5, 5.41) is 11.8. The van der Waals surface area contributed by atoms with Crippen molar-refractivity contribution in [2.24, 2.45) is 0 Å². The molecule has 0 amide bonds. The largest absolute Gasteiger partial charge is 0.481 e. The molecule has 0 aliphatic rings. The molecule has 1 aromatic carbocycles. The number of aryl methyl sites for hydroxylation is 2. The number of ketones is 1. The Labute approximate surface area is 118 Å². The first kappa shape index (κ1) is 16.3. The molecule has 20 heavy (non-hydrogen) atoms. The van der Waals surface area contributed by atoms with E-state index in [1.165, 1.54) is 0 Å². The van der Waals surface area contributed by atoms with Gasteiger partial charge in [0, 0.05) is 19.2 Å². The molecule has 1 aromatic rings. The molecule has 0 aliphatic heterocycles. The fraction of sp³-hybridized carbons (Fsp3) is 0.467. The molecule has 0 saturated heterocycles. The number of carbonyl (C=O) groups excluding carboxylic acids is 1. The van der Waals surface area contributed by atoms with Gasteiger partial charge >= 0.3 is 5.97 Å². The molecular weight excluding hydrogens is 258 g/mol. The van der Waals surface area contributed by atoms with Crippen molar-refractivity contribution in [1.82, 2.24) is 5.32 Å². The highest BCUT2D eigenvalue weighted by Crippen LogP contribution is 2.13. The molecule has 5 nitrogen and oxygen atoms in total. The van der Waals surface area contributed by atoms with Crippen LogP contribution in [0, 0.1) is 13.8 Å². The molecule has 0 radical (unpaired) electrons. The van der Waals surface area contributed by atoms with E-state index in [0.29, 0.717) is 18.7 Å². The number of Topliss-reactive ketones (excluding diaryl/α,β-unsaturated/α-hetero) is 1. The van der Waals surface area contributed by atoms with Gasteiger partial charge in [-0.3, -0.25) is 9.59 Å². The first-order valence-electron chi connectivity index (χ1n) is 6.51. The van der Waals surface area contributed by atoms with Gasteiger partial charge in [0.2, 0.25) is 0 Å². The number of hydrogen-bond donors (Lipinski definition) is 2. The van der Waals surface area contributed by atoms with E-state index in [2.05, 4.69) is 5.32 Å². The number of ether oxygens (including phenoxy) is 1. The van der Waals surface area contributed by atoms with Gasteiger partial charge in [0.05, 0.1) is 19.1 Å². The van der Waals surface area contributed by atoms with E-state index in [9.17, 15) is 9.59 Å². The van der Waals surface area contributed by atoms with Crippen molar-refractivity contribution in [3.05, 3.63) is 34.9 Å². The van der Waals surface area contributed by atoms with Gasteiger partial charge in [-0.1, -0.05) is 12.1 Å². The first-order chi connectivity index (χ1) is 9.45. The van der Waals surface area contributed by atoms with E-state index in [1.54, 1.807) is 19.2 Å². The molecule has 0 aliphatic carbocycles. The first-order valence-corrected chi connectivity index (χ1v) is 6.51. The Morgan fingerprint density at radius 3 is 2.55 bits per heavy atom. The minimum absolute atomic E-state index is 0.202. The average Bonchev–Trinajstić information content (AvgIpc) is 2.40. The smallest absolute Gasteiger partial charge is 0.305 e. The average molecular weight is 279 g/mol. The van der Waals surface area contributed by atoms with Crippen molar-refractivity contribution in [3.63, 3.8) is 0 Å². The van der Waals surface area contributed by atoms with Gasteiger partial charge in [-0.25, -0.2) is 0 Å². The van der Waals surface area contributed by atoms with E-state index in [-0.39, 0.29) is 12.2 Å². The van der Waals surface area contributed by atoms with Gasteiger partial charge in [0.25, 0.3) is 0 Å². The lowest BCUT2D eigenvalue weighted by atomic mass is 9.98. The Bertz CT molecular complexity index is 485. The molecule has 1 atom stereocenters. The number of hydrogen-bond acceptors (Lipinski definition) is 4. The summed E-state index contributed by atoms with van der Waals surface area (Å²) >= 11 is 0. The molecule has 0 spiro atoms. The Hall–Kier alpha value is -1.72. The number of carboxylic acid groups (broad SMARTS) is 1. The van der Waals surface area contributed by atoms with Gasteiger partial charge in [0.15, 0.2) is 5.78 Å². The normalized spacial score (nSPS) is 12.2. The lowest BCUT2D eigenvalue weighted by Crippen LogP contribution is -2.40. The van der Waals surface area contributed by atoms with Crippen molar-refractivity contribution < 1.29 is 19.4 Å². The standard InChI is InChI=1S/C15H21NO4/c1-10-4-5-12(8-11(10)2)15(19)13(9-14(17)18)16-6-7-20-3/h4-5,8,13,16H,6-7,9H2,1-3H3,(H,17,18). The van der Waals surface area contributed by atoms with E-state index in [1.807, 2.05) is 19.9 Å². The van der Waals surface area contributed by atoms with E-state index >= 15 is 0 Å². The van der Waals surface area contributed by atoms with Crippen LogP contribution in [-0.4, -0.2) is 43.2 Å². The van der Waals surface area contributed by atoms with Crippen molar-refractivity contribution in [2.75, 3.05) is 20.3 Å². The number of carbonyl (C=O) groups is 2. The monoisotopic (exact) mass is 279 g/mol. The van der Waals surface area contributed by atoms with Crippen LogP contribution in [0.5, 0.6) is 0 Å². The van der Waals surface area contributed by atoms with Crippen LogP contribution in [0.2, 0.25) is 0 Å². The second kappa shape index (κ2) is 7.77. The van der Waals surface area contributed by atoms with Gasteiger partial charge < -0.3 is 15.2 Å². The fourth-order valence-electron chi connectivity index (χ4n) is 1.86. The molecule has 0 saturated carbocycles. The summed E-state index contributed by atoms with van der Waals surface area (Å²) in [4.78, 5) is 23.2. The predicted octanol–water partition coefficient (Wildman–Crippen LogP) is 1.57. The number of carboxylic acids is 1. The predicted molar refractivity (Wildman–Crippen MR) is 76.2 cm³/mol. The fourth-order valence-corrected chi connectivity index (χ4v) is 1.86. The lowest BCUT2D eigenvalue weighted by molar-refractivity contribution is -0.137. The summed E-state index contributed by atoms with van der Waals surface area (Å²) in [7, 11) is 1.55. The SMILES string of the molecule is COCCNC(CC(=O)O)C(=O)c1ccc(C)c(C)c1. The second-order valence-electron chi connectivity index (χ2n) is 4.76. The van der Waals surface area contributed by atoms with Crippen LogP contribution in [0.15, 0.2) is 18.2 Å². The Balaban J connectivity index is 2.84. The summed E-state index contributed by atoms with van der Waals surface area (Å²) in [6.45, 7) is 4.76. The highest BCUT2D eigenvalue weighted by molar-refractivity contribution is 6.01. The number of rotatable bonds is 8. The van der Waals surface area contributed by atoms with Crippen molar-refractivity contribution in [2.45, 2.75) is 26.3 Å². The third-order valence-electron chi connectivity index (χ3n) is 3.18. The molecule has 0 aromatic heterocycles. The summed E-state index contributed by atoms with van der Waals surface area (Å²) in [5.41, 5.74) is 2.65. The third-order valence-corrected chi connectivity index (χ3v) is 3.18. The van der Waals surface area contributed by atoms with Crippen LogP contribution in [0.3, 0.4) is 0 Å². The van der Waals surface area contributed by atoms with Gasteiger partial charge in [-0.05, 0) is 31.0 Å². The van der Waals surface area contributed by atoms with Gasteiger partial charge in [-0.15, -0.1) is 0 Å². The topological polar surface area (TPSA) is 75.6 Å². The van der Waals surface area contributed by atoms with E-state index in [0.717, 1.165) is 11.1 Å². The van der Waals surface area contributed by atoms with Gasteiger partial charge in [0.1, 0.15) is 0 Å². The van der Waals surface area contributed by atoms with Crippen LogP contribution in [0.1, 0.15) is 27.9 Å². The summed E-state index contributed by atoms with van der Waals surface area (Å²) < 4.78 is 4.90. The summed E-state index contributed by atoms with van der Waals surface area (Å²) in [6, 6.07) is 4.67. The van der Waals surface area contributed by atoms with Crippen molar-refractivity contribution >= 4 is 11.8 Å². The maximum atomic E-state index is 12.4. The van der Waals surface area contributed by atoms with Crippen molar-refractivity contribution in [1.29, 1.82) is 0 Å². The zero-order chi connectivity index (χ0) is 15.1. The zero-order valence-corrected chi connectivity index (χ0v) is 12.1. The molecule has 1 unspecified atom stereocenters. The minimum Gasteiger partial charge on any atom is -0.481 e. The minimum atomic E-state index is -1.00. The van der Waals surface area contributed by atoms with Crippen LogP contribution >= 0.6 is 0 Å². The number of aliphatic carboxylic acids is 1. The molecule has 110 valence electrons. The molecule has 0 fully saturated rings. The molecular formula is C15H21NO4. The Kier molecular flexibility index (Phi) is 6.35. The molecule has 2 N–H and O–H groups in total. The number of benzene rings is 1. The van der Waals surface area contributed by atoms with Crippen LogP contribution in [0.25, 0.3) is 0 Å². The Morgan fingerprint density at radius 2 is 2.00 bits per heavy atom. The maximum absolute atomic E-state index is 12.4. The number of methoxy groups -OCH3 is 1. The second-order valence-corrected chi connectivity index (χ2v) is 4.76. The van der Waals surface area contributed by atoms with E-state index < -0.39 is 12.0 Å². The van der Waals surface area contributed by atoms with Crippen molar-refractivity contribution in [3.8, 4) is 0 Å². The number of nitrogens with one attached hydrogen (secondary N) is 1. The summed E-state index contributed by atoms with van der Waals surface area (Å²) in [6.07, 6.45) is -0.241. The van der Waals surface area contributed by atoms with E-state index in [4.69, 9.17) is 9.84 Å². The summed E-state index contributed by atoms with van der Waals surface area (Å²) in [5.74, 6) is -1.20. The van der Waals surface area contributed by atoms with Crippen LogP contribution in [0.4, 0.5) is 0 Å². The maximum Gasteiger partial charge on any atom is 0.305 e. The van der Waals surface area contributed by atoms with Crippen LogP contribution in [-0.2, 0) is 9.53 Å².